The van der Waals surface area contributed by atoms with Crippen LogP contribution < -0.4 is 0 Å². The number of ketones is 1. The molecule has 2 aliphatic carbocycles. The highest BCUT2D eigenvalue weighted by Gasteiger charge is 2.46. The predicted molar refractivity (Wildman–Crippen MR) is 36.9 cm³/mol. The summed E-state index contributed by atoms with van der Waals surface area (Å²) in [6.07, 6.45) is 4.07. The molecule has 11 heavy (non-hydrogen) atoms. The Balaban J connectivity index is 2.28. The highest BCUT2D eigenvalue weighted by molar-refractivity contribution is 5.96. The molecule has 2 aliphatic rings. The standard InChI is InChI=1S/C8H8O3/c9-7-4-1-2-5(7)6(3-4)8(10)11/h1-2,4-6H,3H2,(H,10,11)/t4-,5+,6+/m0/s1. The average molecular weight is 152 g/mol. The molecule has 3 heteroatoms. The summed E-state index contributed by atoms with van der Waals surface area (Å²) in [7, 11) is 0. The smallest absolute Gasteiger partial charge is 0.307 e. The number of carbonyl (C=O) groups excluding carboxylic acids is 1. The molecule has 0 aromatic heterocycles. The Bertz CT molecular complexity index is 254. The summed E-state index contributed by atoms with van der Waals surface area (Å²) in [4.78, 5) is 21.7. The summed E-state index contributed by atoms with van der Waals surface area (Å²) in [6.45, 7) is 0. The predicted octanol–water partition coefficient (Wildman–Crippen LogP) is 0.462. The van der Waals surface area contributed by atoms with E-state index in [0.29, 0.717) is 6.42 Å². The maximum Gasteiger partial charge on any atom is 0.307 e. The Labute approximate surface area is 63.7 Å². The van der Waals surface area contributed by atoms with E-state index in [1.165, 1.54) is 0 Å². The number of carbonyl (C=O) groups is 2. The molecule has 0 saturated heterocycles. The van der Waals surface area contributed by atoms with Crippen molar-refractivity contribution in [2.75, 3.05) is 0 Å². The van der Waals surface area contributed by atoms with E-state index in [4.69, 9.17) is 5.11 Å². The van der Waals surface area contributed by atoms with Gasteiger partial charge in [-0.25, -0.2) is 0 Å². The topological polar surface area (TPSA) is 54.4 Å². The number of carboxylic acid groups (broad SMARTS) is 1. The number of hydrogen-bond donors (Lipinski definition) is 1. The lowest BCUT2D eigenvalue weighted by Gasteiger charge is -2.09. The van der Waals surface area contributed by atoms with Crippen LogP contribution in [0.2, 0.25) is 0 Å². The molecule has 0 aromatic rings. The molecule has 1 saturated carbocycles. The van der Waals surface area contributed by atoms with E-state index in [1.54, 1.807) is 6.08 Å². The molecule has 0 aliphatic heterocycles. The van der Waals surface area contributed by atoms with Gasteiger partial charge in [0, 0.05) is 11.8 Å². The Morgan fingerprint density at radius 3 is 2.55 bits per heavy atom. The molecule has 1 fully saturated rings. The second-order valence-corrected chi connectivity index (χ2v) is 3.10. The number of Topliss-reactive ketones (excluding diaryl/α,β-unsaturated/α-hetero) is 1. The minimum atomic E-state index is -0.838. The maximum atomic E-state index is 11.2. The first kappa shape index (κ1) is 6.58. The van der Waals surface area contributed by atoms with Gasteiger partial charge in [-0.15, -0.1) is 0 Å². The monoisotopic (exact) mass is 152 g/mol. The minimum Gasteiger partial charge on any atom is -0.481 e. The molecule has 0 aromatic carbocycles. The Kier molecular flexibility index (Phi) is 1.16. The normalized spacial score (nSPS) is 40.0. The van der Waals surface area contributed by atoms with E-state index in [1.807, 2.05) is 6.08 Å². The van der Waals surface area contributed by atoms with Crippen LogP contribution in [0.15, 0.2) is 12.2 Å². The summed E-state index contributed by atoms with van der Waals surface area (Å²) in [5.41, 5.74) is 0. The van der Waals surface area contributed by atoms with E-state index >= 15 is 0 Å². The van der Waals surface area contributed by atoms with Gasteiger partial charge in [-0.1, -0.05) is 12.2 Å². The molecular formula is C8H8O3. The summed E-state index contributed by atoms with van der Waals surface area (Å²) < 4.78 is 0. The van der Waals surface area contributed by atoms with Gasteiger partial charge in [0.1, 0.15) is 5.78 Å². The maximum absolute atomic E-state index is 11.2. The van der Waals surface area contributed by atoms with Crippen LogP contribution in [0.1, 0.15) is 6.42 Å². The first-order valence-electron chi connectivity index (χ1n) is 3.65. The van der Waals surface area contributed by atoms with E-state index in [9.17, 15) is 9.59 Å². The van der Waals surface area contributed by atoms with Gasteiger partial charge in [-0.2, -0.15) is 0 Å². The second-order valence-electron chi connectivity index (χ2n) is 3.10. The summed E-state index contributed by atoms with van der Waals surface area (Å²) >= 11 is 0. The van der Waals surface area contributed by atoms with Crippen molar-refractivity contribution in [1.29, 1.82) is 0 Å². The molecule has 2 rings (SSSR count). The number of fused-ring (bicyclic) bond motifs is 2. The Hall–Kier alpha value is -1.12. The zero-order valence-electron chi connectivity index (χ0n) is 5.86. The molecule has 0 amide bonds. The summed E-state index contributed by atoms with van der Waals surface area (Å²) in [5.74, 6) is -1.61. The fourth-order valence-corrected chi connectivity index (χ4v) is 1.89. The van der Waals surface area contributed by atoms with Gasteiger partial charge in [-0.05, 0) is 6.42 Å². The molecule has 0 heterocycles. The zero-order chi connectivity index (χ0) is 8.01. The molecule has 1 N–H and O–H groups in total. The largest absolute Gasteiger partial charge is 0.481 e. The lowest BCUT2D eigenvalue weighted by atomic mass is 9.94. The van der Waals surface area contributed by atoms with E-state index in [0.717, 1.165) is 0 Å². The van der Waals surface area contributed by atoms with Crippen molar-refractivity contribution in [3.8, 4) is 0 Å². The third kappa shape index (κ3) is 0.737. The van der Waals surface area contributed by atoms with Crippen LogP contribution in [0.3, 0.4) is 0 Å². The molecular weight excluding hydrogens is 144 g/mol. The van der Waals surface area contributed by atoms with Crippen LogP contribution in [-0.2, 0) is 9.59 Å². The van der Waals surface area contributed by atoms with Crippen molar-refractivity contribution < 1.29 is 14.7 Å². The van der Waals surface area contributed by atoms with E-state index in [-0.39, 0.29) is 17.6 Å². The highest BCUT2D eigenvalue weighted by Crippen LogP contribution is 2.40. The van der Waals surface area contributed by atoms with Gasteiger partial charge in [0.15, 0.2) is 0 Å². The molecule has 2 bridgehead atoms. The van der Waals surface area contributed by atoms with Crippen LogP contribution in [0, 0.1) is 17.8 Å². The molecule has 0 spiro atoms. The third-order valence-corrected chi connectivity index (χ3v) is 2.50. The molecule has 58 valence electrons. The lowest BCUT2D eigenvalue weighted by molar-refractivity contribution is -0.143. The van der Waals surface area contributed by atoms with Crippen LogP contribution in [0.5, 0.6) is 0 Å². The van der Waals surface area contributed by atoms with Crippen LogP contribution >= 0.6 is 0 Å². The highest BCUT2D eigenvalue weighted by atomic mass is 16.4. The molecule has 3 atom stereocenters. The number of aliphatic carboxylic acids is 1. The van der Waals surface area contributed by atoms with Crippen molar-refractivity contribution in [1.82, 2.24) is 0 Å². The number of rotatable bonds is 1. The summed E-state index contributed by atoms with van der Waals surface area (Å²) in [6, 6.07) is 0. The average Bonchev–Trinajstić information content (AvgIpc) is 2.46. The van der Waals surface area contributed by atoms with Crippen molar-refractivity contribution in [2.24, 2.45) is 17.8 Å². The first-order chi connectivity index (χ1) is 5.20. The second kappa shape index (κ2) is 1.94. The molecule has 3 nitrogen and oxygen atoms in total. The SMILES string of the molecule is O=C1[C@H]2C=C[C@@H]1[C@H](C(=O)O)C2. The Morgan fingerprint density at radius 2 is 2.27 bits per heavy atom. The van der Waals surface area contributed by atoms with Gasteiger partial charge in [0.2, 0.25) is 0 Å². The van der Waals surface area contributed by atoms with Crippen molar-refractivity contribution in [2.45, 2.75) is 6.42 Å². The molecule has 0 unspecified atom stereocenters. The van der Waals surface area contributed by atoms with Crippen LogP contribution in [0.25, 0.3) is 0 Å². The van der Waals surface area contributed by atoms with Gasteiger partial charge in [0.25, 0.3) is 0 Å². The van der Waals surface area contributed by atoms with Crippen molar-refractivity contribution in [3.05, 3.63) is 12.2 Å². The fraction of sp³-hybridized carbons (Fsp3) is 0.500. The van der Waals surface area contributed by atoms with Crippen molar-refractivity contribution >= 4 is 11.8 Å². The number of hydrogen-bond acceptors (Lipinski definition) is 2. The van der Waals surface area contributed by atoms with Crippen molar-refractivity contribution in [3.63, 3.8) is 0 Å². The fourth-order valence-electron chi connectivity index (χ4n) is 1.89. The quantitative estimate of drug-likeness (QED) is 0.555. The van der Waals surface area contributed by atoms with E-state index < -0.39 is 11.9 Å². The minimum absolute atomic E-state index is 0.0948. The van der Waals surface area contributed by atoms with E-state index in [2.05, 4.69) is 0 Å². The number of carboxylic acids is 1. The van der Waals surface area contributed by atoms with Gasteiger partial charge in [-0.3, -0.25) is 9.59 Å². The van der Waals surface area contributed by atoms with Gasteiger partial charge >= 0.3 is 5.97 Å². The number of allylic oxidation sites excluding steroid dienone is 2. The lowest BCUT2D eigenvalue weighted by Crippen LogP contribution is -2.19. The van der Waals surface area contributed by atoms with Crippen LogP contribution in [-0.4, -0.2) is 16.9 Å². The van der Waals surface area contributed by atoms with Gasteiger partial charge < -0.3 is 5.11 Å². The van der Waals surface area contributed by atoms with Crippen LogP contribution in [0.4, 0.5) is 0 Å². The first-order valence-corrected chi connectivity index (χ1v) is 3.65. The zero-order valence-corrected chi connectivity index (χ0v) is 5.86. The summed E-state index contributed by atoms with van der Waals surface area (Å²) in [5, 5.41) is 8.67. The molecule has 0 radical (unpaired) electrons. The Morgan fingerprint density at radius 1 is 1.55 bits per heavy atom. The third-order valence-electron chi connectivity index (χ3n) is 2.50. The van der Waals surface area contributed by atoms with Gasteiger partial charge in [0.05, 0.1) is 5.92 Å².